The van der Waals surface area contributed by atoms with Gasteiger partial charge in [0.25, 0.3) is 0 Å². The molecule has 1 atom stereocenters. The summed E-state index contributed by atoms with van der Waals surface area (Å²) < 4.78 is 0.875. The number of hydrogen-bond donors (Lipinski definition) is 1. The van der Waals surface area contributed by atoms with Gasteiger partial charge in [0.15, 0.2) is 0 Å². The van der Waals surface area contributed by atoms with E-state index in [9.17, 15) is 0 Å². The minimum atomic E-state index is 0.325. The number of benzene rings is 1. The number of nitrogens with zero attached hydrogens (tertiary/aromatic N) is 1. The molecular formula is C15H16Cl2N2S. The van der Waals surface area contributed by atoms with E-state index in [1.165, 1.54) is 10.4 Å². The second-order valence-electron chi connectivity index (χ2n) is 5.20. The fraction of sp³-hybridized carbons (Fsp3) is 0.333. The average molecular weight is 327 g/mol. The number of aryl methyl sites for hydroxylation is 1. The Bertz CT molecular complexity index is 637. The fourth-order valence-electron chi connectivity index (χ4n) is 2.75. The van der Waals surface area contributed by atoms with Crippen LogP contribution in [0.1, 0.15) is 22.9 Å². The molecule has 0 spiro atoms. The predicted molar refractivity (Wildman–Crippen MR) is 89.8 cm³/mol. The van der Waals surface area contributed by atoms with Gasteiger partial charge in [0.1, 0.15) is 0 Å². The molecule has 0 amide bonds. The number of para-hydroxylation sites is 1. The lowest BCUT2D eigenvalue weighted by molar-refractivity contribution is 0.762. The molecule has 0 saturated heterocycles. The Morgan fingerprint density at radius 1 is 1.30 bits per heavy atom. The smallest absolute Gasteiger partial charge is 0.0934 e. The largest absolute Gasteiger partial charge is 0.376 e. The van der Waals surface area contributed by atoms with Gasteiger partial charge in [0.05, 0.1) is 26.8 Å². The topological polar surface area (TPSA) is 15.3 Å². The number of thiophene rings is 1. The van der Waals surface area contributed by atoms with Crippen molar-refractivity contribution in [2.45, 2.75) is 18.9 Å². The van der Waals surface area contributed by atoms with Crippen LogP contribution < -0.4 is 10.2 Å². The number of hydrogen-bond acceptors (Lipinski definition) is 3. The van der Waals surface area contributed by atoms with E-state index in [2.05, 4.69) is 17.4 Å². The third-order valence-electron chi connectivity index (χ3n) is 3.61. The third kappa shape index (κ3) is 2.50. The summed E-state index contributed by atoms with van der Waals surface area (Å²) in [5.74, 6) is 0. The lowest BCUT2D eigenvalue weighted by Gasteiger charge is -2.23. The molecular weight excluding hydrogens is 311 g/mol. The highest BCUT2D eigenvalue weighted by Gasteiger charge is 2.26. The van der Waals surface area contributed by atoms with Crippen LogP contribution in [0.25, 0.3) is 0 Å². The molecule has 20 heavy (non-hydrogen) atoms. The van der Waals surface area contributed by atoms with Crippen LogP contribution in [-0.2, 0) is 6.42 Å². The van der Waals surface area contributed by atoms with Gasteiger partial charge in [-0.15, -0.1) is 11.3 Å². The van der Waals surface area contributed by atoms with Gasteiger partial charge in [-0.1, -0.05) is 29.3 Å². The number of halogens is 2. The molecule has 0 aliphatic heterocycles. The van der Waals surface area contributed by atoms with E-state index in [1.807, 2.05) is 31.1 Å². The molecule has 1 N–H and O–H groups in total. The molecule has 0 saturated carbocycles. The summed E-state index contributed by atoms with van der Waals surface area (Å²) in [6, 6.07) is 8.39. The van der Waals surface area contributed by atoms with Crippen molar-refractivity contribution in [3.8, 4) is 0 Å². The fourth-order valence-corrected chi connectivity index (χ4v) is 4.45. The highest BCUT2D eigenvalue weighted by molar-refractivity contribution is 7.16. The molecule has 1 heterocycles. The second kappa shape index (κ2) is 5.47. The van der Waals surface area contributed by atoms with Crippen LogP contribution in [0.5, 0.6) is 0 Å². The molecule has 2 aromatic rings. The quantitative estimate of drug-likeness (QED) is 0.831. The molecule has 3 rings (SSSR count). The number of anilines is 2. The summed E-state index contributed by atoms with van der Waals surface area (Å²) in [5, 5.41) is 4.39. The zero-order valence-electron chi connectivity index (χ0n) is 11.4. The van der Waals surface area contributed by atoms with Crippen molar-refractivity contribution in [1.82, 2.24) is 0 Å². The van der Waals surface area contributed by atoms with Crippen LogP contribution in [0.3, 0.4) is 0 Å². The SMILES string of the molecule is CN(C)c1c(Cl)cccc1NC1CCc2sc(Cl)cc21. The van der Waals surface area contributed by atoms with Crippen molar-refractivity contribution in [2.75, 3.05) is 24.3 Å². The van der Waals surface area contributed by atoms with Gasteiger partial charge in [-0.2, -0.15) is 0 Å². The number of rotatable bonds is 3. The molecule has 1 aliphatic rings. The Morgan fingerprint density at radius 3 is 2.85 bits per heavy atom. The molecule has 5 heteroatoms. The molecule has 0 fully saturated rings. The average Bonchev–Trinajstić information content (AvgIpc) is 2.90. The normalized spacial score (nSPS) is 17.1. The lowest BCUT2D eigenvalue weighted by Crippen LogP contribution is -2.14. The summed E-state index contributed by atoms with van der Waals surface area (Å²) in [5.41, 5.74) is 3.44. The van der Waals surface area contributed by atoms with Crippen LogP contribution in [0, 0.1) is 0 Å². The van der Waals surface area contributed by atoms with E-state index in [4.69, 9.17) is 23.2 Å². The summed E-state index contributed by atoms with van der Waals surface area (Å²) in [6.07, 6.45) is 2.21. The zero-order chi connectivity index (χ0) is 14.3. The van der Waals surface area contributed by atoms with Crippen molar-refractivity contribution in [1.29, 1.82) is 0 Å². The molecule has 2 nitrogen and oxygen atoms in total. The van der Waals surface area contributed by atoms with E-state index < -0.39 is 0 Å². The van der Waals surface area contributed by atoms with E-state index in [0.29, 0.717) is 6.04 Å². The molecule has 0 radical (unpaired) electrons. The van der Waals surface area contributed by atoms with E-state index in [0.717, 1.165) is 33.6 Å². The van der Waals surface area contributed by atoms with Gasteiger partial charge in [0, 0.05) is 19.0 Å². The molecule has 1 aromatic carbocycles. The van der Waals surface area contributed by atoms with Crippen molar-refractivity contribution in [2.24, 2.45) is 0 Å². The Morgan fingerprint density at radius 2 is 2.10 bits per heavy atom. The summed E-state index contributed by atoms with van der Waals surface area (Å²) in [6.45, 7) is 0. The molecule has 0 bridgehead atoms. The molecule has 1 unspecified atom stereocenters. The van der Waals surface area contributed by atoms with Gasteiger partial charge in [-0.05, 0) is 36.6 Å². The zero-order valence-corrected chi connectivity index (χ0v) is 13.7. The second-order valence-corrected chi connectivity index (χ2v) is 7.37. The maximum atomic E-state index is 6.31. The maximum absolute atomic E-state index is 6.31. The van der Waals surface area contributed by atoms with E-state index in [1.54, 1.807) is 11.3 Å². The number of nitrogens with one attached hydrogen (secondary N) is 1. The van der Waals surface area contributed by atoms with Crippen LogP contribution >= 0.6 is 34.5 Å². The van der Waals surface area contributed by atoms with Crippen molar-refractivity contribution in [3.05, 3.63) is 44.1 Å². The first-order valence-electron chi connectivity index (χ1n) is 6.56. The van der Waals surface area contributed by atoms with Crippen LogP contribution in [0.2, 0.25) is 9.36 Å². The summed E-state index contributed by atoms with van der Waals surface area (Å²) in [7, 11) is 4.02. The first-order valence-corrected chi connectivity index (χ1v) is 8.14. The highest BCUT2D eigenvalue weighted by Crippen LogP contribution is 2.43. The lowest BCUT2D eigenvalue weighted by atomic mass is 10.1. The van der Waals surface area contributed by atoms with E-state index >= 15 is 0 Å². The first-order chi connectivity index (χ1) is 9.56. The van der Waals surface area contributed by atoms with Crippen molar-refractivity contribution >= 4 is 45.9 Å². The van der Waals surface area contributed by atoms with Crippen LogP contribution in [0.4, 0.5) is 11.4 Å². The predicted octanol–water partition coefficient (Wildman–Crippen LogP) is 5.22. The summed E-state index contributed by atoms with van der Waals surface area (Å²) >= 11 is 14.1. The standard InChI is InChI=1S/C15H16Cl2N2S/c1-19(2)15-10(16)4-3-5-12(15)18-11-6-7-13-9(11)8-14(17)20-13/h3-5,8,11,18H,6-7H2,1-2H3. The van der Waals surface area contributed by atoms with Gasteiger partial charge in [-0.25, -0.2) is 0 Å². The minimum Gasteiger partial charge on any atom is -0.376 e. The highest BCUT2D eigenvalue weighted by atomic mass is 35.5. The van der Waals surface area contributed by atoms with Crippen LogP contribution in [0.15, 0.2) is 24.3 Å². The molecule has 1 aromatic heterocycles. The Labute approximate surface area is 133 Å². The van der Waals surface area contributed by atoms with Crippen molar-refractivity contribution in [3.63, 3.8) is 0 Å². The Hall–Kier alpha value is -0.900. The van der Waals surface area contributed by atoms with Crippen molar-refractivity contribution < 1.29 is 0 Å². The Kier molecular flexibility index (Phi) is 3.85. The molecule has 1 aliphatic carbocycles. The first kappa shape index (κ1) is 14.1. The van der Waals surface area contributed by atoms with Gasteiger partial charge < -0.3 is 10.2 Å². The van der Waals surface area contributed by atoms with E-state index in [-0.39, 0.29) is 0 Å². The summed E-state index contributed by atoms with van der Waals surface area (Å²) in [4.78, 5) is 3.45. The minimum absolute atomic E-state index is 0.325. The van der Waals surface area contributed by atoms with Crippen LogP contribution in [-0.4, -0.2) is 14.1 Å². The van der Waals surface area contributed by atoms with Gasteiger partial charge in [0.2, 0.25) is 0 Å². The third-order valence-corrected chi connectivity index (χ3v) is 5.26. The maximum Gasteiger partial charge on any atom is 0.0934 e. The molecule has 106 valence electrons. The Balaban J connectivity index is 1.91. The van der Waals surface area contributed by atoms with Gasteiger partial charge in [-0.3, -0.25) is 0 Å². The number of fused-ring (bicyclic) bond motifs is 1. The monoisotopic (exact) mass is 326 g/mol. The van der Waals surface area contributed by atoms with Gasteiger partial charge >= 0.3 is 0 Å².